The van der Waals surface area contributed by atoms with Gasteiger partial charge in [0.1, 0.15) is 11.8 Å². The molecule has 2 amide bonds. The number of methoxy groups -OCH3 is 2. The number of rotatable bonds is 17. The molecule has 0 bridgehead atoms. The first-order chi connectivity index (χ1) is 22.7. The Morgan fingerprint density at radius 1 is 0.745 bits per heavy atom. The Kier molecular flexibility index (Phi) is 14.2. The highest BCUT2D eigenvalue weighted by Crippen LogP contribution is 2.28. The quantitative estimate of drug-likeness (QED) is 0.106. The molecule has 0 fully saturated rings. The summed E-state index contributed by atoms with van der Waals surface area (Å²) in [6, 6.07) is 14.1. The van der Waals surface area contributed by atoms with Crippen LogP contribution in [-0.4, -0.2) is 77.7 Å². The smallest absolute Gasteiger partial charge is 0.254 e. The van der Waals surface area contributed by atoms with Crippen LogP contribution in [0.5, 0.6) is 28.7 Å². The molecule has 0 aliphatic rings. The van der Waals surface area contributed by atoms with Crippen molar-refractivity contribution in [1.82, 2.24) is 10.2 Å². The maximum atomic E-state index is 13.8. The Bertz CT molecular complexity index is 1520. The Morgan fingerprint density at radius 3 is 1.74 bits per heavy atom. The second-order valence-corrected chi connectivity index (χ2v) is 10.5. The number of benzene rings is 3. The van der Waals surface area contributed by atoms with Gasteiger partial charge in [-0.2, -0.15) is 0 Å². The molecule has 1 unspecified atom stereocenters. The van der Waals surface area contributed by atoms with Gasteiger partial charge in [0.05, 0.1) is 14.2 Å². The average molecular weight is 644 g/mol. The second kappa shape index (κ2) is 18.5. The SMILES string of the molecule is COc1cc(/C=C/C(=O)N(C(=O)/C=C/c2ccc(O)c(OC)c2)C(CCCNCCCN)C(=O)/C=C/c2ccc(O)cc2)ccc1O. The summed E-state index contributed by atoms with van der Waals surface area (Å²) in [5.41, 5.74) is 7.26. The fraction of sp³-hybridized carbons (Fsp3) is 0.250. The predicted molar refractivity (Wildman–Crippen MR) is 181 cm³/mol. The Labute approximate surface area is 274 Å². The first-order valence-electron chi connectivity index (χ1n) is 15.1. The van der Waals surface area contributed by atoms with Crippen LogP contribution in [0.2, 0.25) is 0 Å². The molecular formula is C36H41N3O8. The van der Waals surface area contributed by atoms with Crippen molar-refractivity contribution in [1.29, 1.82) is 0 Å². The Morgan fingerprint density at radius 2 is 1.23 bits per heavy atom. The molecular weight excluding hydrogens is 602 g/mol. The van der Waals surface area contributed by atoms with Gasteiger partial charge in [0.15, 0.2) is 28.8 Å². The summed E-state index contributed by atoms with van der Waals surface area (Å²) in [5.74, 6) is -1.61. The molecule has 3 aromatic rings. The molecule has 0 aromatic heterocycles. The van der Waals surface area contributed by atoms with Gasteiger partial charge >= 0.3 is 0 Å². The molecule has 1 atom stereocenters. The first-order valence-corrected chi connectivity index (χ1v) is 15.1. The van der Waals surface area contributed by atoms with E-state index in [1.165, 1.54) is 81.0 Å². The van der Waals surface area contributed by atoms with E-state index in [1.807, 2.05) is 0 Å². The maximum absolute atomic E-state index is 13.8. The summed E-state index contributed by atoms with van der Waals surface area (Å²) in [6.07, 6.45) is 9.59. The zero-order chi connectivity index (χ0) is 34.2. The summed E-state index contributed by atoms with van der Waals surface area (Å²) >= 11 is 0. The van der Waals surface area contributed by atoms with Crippen molar-refractivity contribution in [3.63, 3.8) is 0 Å². The number of nitrogens with two attached hydrogens (primary N) is 1. The number of nitrogens with zero attached hydrogens (tertiary/aromatic N) is 1. The van der Waals surface area contributed by atoms with Crippen LogP contribution in [0.1, 0.15) is 36.0 Å². The van der Waals surface area contributed by atoms with Crippen molar-refractivity contribution >= 4 is 35.8 Å². The molecule has 11 nitrogen and oxygen atoms in total. The number of nitrogens with one attached hydrogen (secondary N) is 1. The van der Waals surface area contributed by atoms with E-state index < -0.39 is 23.6 Å². The molecule has 0 spiro atoms. The van der Waals surface area contributed by atoms with Gasteiger partial charge in [-0.05, 0) is 110 Å². The van der Waals surface area contributed by atoms with Crippen LogP contribution in [0.25, 0.3) is 18.2 Å². The van der Waals surface area contributed by atoms with Crippen LogP contribution in [0.4, 0.5) is 0 Å². The number of hydrogen-bond acceptors (Lipinski definition) is 10. The van der Waals surface area contributed by atoms with Crippen molar-refractivity contribution in [2.24, 2.45) is 5.73 Å². The van der Waals surface area contributed by atoms with Crippen LogP contribution >= 0.6 is 0 Å². The van der Waals surface area contributed by atoms with Crippen molar-refractivity contribution in [2.75, 3.05) is 33.9 Å². The molecule has 0 aliphatic heterocycles. The van der Waals surface area contributed by atoms with Crippen molar-refractivity contribution in [3.8, 4) is 28.7 Å². The number of ether oxygens (including phenoxy) is 2. The van der Waals surface area contributed by atoms with E-state index in [4.69, 9.17) is 15.2 Å². The largest absolute Gasteiger partial charge is 0.508 e. The fourth-order valence-electron chi connectivity index (χ4n) is 4.55. The van der Waals surface area contributed by atoms with Gasteiger partial charge in [0, 0.05) is 12.2 Å². The number of aromatic hydroxyl groups is 3. The van der Waals surface area contributed by atoms with Gasteiger partial charge < -0.3 is 35.8 Å². The molecule has 3 aromatic carbocycles. The zero-order valence-corrected chi connectivity index (χ0v) is 26.5. The minimum atomic E-state index is -1.15. The number of imide groups is 1. The van der Waals surface area contributed by atoms with Crippen molar-refractivity contribution < 1.29 is 39.2 Å². The highest BCUT2D eigenvalue weighted by molar-refractivity contribution is 6.12. The van der Waals surface area contributed by atoms with Gasteiger partial charge in [-0.25, -0.2) is 0 Å². The minimum absolute atomic E-state index is 0.0741. The summed E-state index contributed by atoms with van der Waals surface area (Å²) in [7, 11) is 2.80. The average Bonchev–Trinajstić information content (AvgIpc) is 3.07. The molecule has 0 aliphatic carbocycles. The standard InChI is InChI=1S/C36H41N3O8/c1-46-33-23-26(9-16-31(33)42)11-18-35(44)39(36(45)19-12-27-10-17-32(43)34(24-27)47-2)29(5-3-21-38-22-4-20-37)30(41)15-8-25-6-13-28(40)14-7-25/h6-19,23-24,29,38,40,42-43H,3-5,20-22,37H2,1-2H3/b15-8+,18-11+,19-12+. The van der Waals surface area contributed by atoms with Crippen LogP contribution in [0.15, 0.2) is 78.9 Å². The van der Waals surface area contributed by atoms with E-state index in [0.29, 0.717) is 42.7 Å². The van der Waals surface area contributed by atoms with Gasteiger partial charge in [0.25, 0.3) is 11.8 Å². The number of phenolic OH excluding ortho intramolecular Hbond substituents is 3. The normalized spacial score (nSPS) is 12.1. The van der Waals surface area contributed by atoms with Gasteiger partial charge in [-0.15, -0.1) is 0 Å². The second-order valence-electron chi connectivity index (χ2n) is 10.5. The highest BCUT2D eigenvalue weighted by atomic mass is 16.5. The minimum Gasteiger partial charge on any atom is -0.508 e. The third-order valence-electron chi connectivity index (χ3n) is 7.08. The number of amides is 2. The predicted octanol–water partition coefficient (Wildman–Crippen LogP) is 4.27. The molecule has 11 heteroatoms. The highest BCUT2D eigenvalue weighted by Gasteiger charge is 2.31. The zero-order valence-electron chi connectivity index (χ0n) is 26.5. The van der Waals surface area contributed by atoms with Crippen LogP contribution < -0.4 is 20.5 Å². The lowest BCUT2D eigenvalue weighted by molar-refractivity contribution is -0.145. The third-order valence-corrected chi connectivity index (χ3v) is 7.08. The topological polar surface area (TPSA) is 172 Å². The van der Waals surface area contributed by atoms with Crippen LogP contribution in [0, 0.1) is 0 Å². The lowest BCUT2D eigenvalue weighted by Gasteiger charge is -2.27. The lowest BCUT2D eigenvalue weighted by Crippen LogP contribution is -2.47. The molecule has 0 saturated carbocycles. The van der Waals surface area contributed by atoms with E-state index in [9.17, 15) is 29.7 Å². The third kappa shape index (κ3) is 11.2. The molecule has 6 N–H and O–H groups in total. The molecule has 47 heavy (non-hydrogen) atoms. The Hall–Kier alpha value is -5.39. The number of phenols is 3. The summed E-state index contributed by atoms with van der Waals surface area (Å²) in [6.45, 7) is 1.76. The Balaban J connectivity index is 1.99. The summed E-state index contributed by atoms with van der Waals surface area (Å²) in [4.78, 5) is 42.2. The lowest BCUT2D eigenvalue weighted by atomic mass is 10.0. The summed E-state index contributed by atoms with van der Waals surface area (Å²) in [5, 5.41) is 32.7. The number of hydrogen-bond donors (Lipinski definition) is 5. The van der Waals surface area contributed by atoms with Crippen molar-refractivity contribution in [3.05, 3.63) is 95.6 Å². The van der Waals surface area contributed by atoms with E-state index >= 15 is 0 Å². The molecule has 248 valence electrons. The molecule has 0 radical (unpaired) electrons. The summed E-state index contributed by atoms with van der Waals surface area (Å²) < 4.78 is 10.3. The monoisotopic (exact) mass is 643 g/mol. The first kappa shape index (κ1) is 36.1. The molecule has 0 heterocycles. The van der Waals surface area contributed by atoms with E-state index in [2.05, 4.69) is 5.32 Å². The number of carbonyl (C=O) groups is 3. The van der Waals surface area contributed by atoms with Gasteiger partial charge in [-0.3, -0.25) is 19.3 Å². The van der Waals surface area contributed by atoms with Crippen molar-refractivity contribution in [2.45, 2.75) is 25.3 Å². The number of carbonyl (C=O) groups excluding carboxylic acids is 3. The number of ketones is 1. The van der Waals surface area contributed by atoms with Gasteiger partial charge in [0.2, 0.25) is 0 Å². The maximum Gasteiger partial charge on any atom is 0.254 e. The molecule has 3 rings (SSSR count). The van der Waals surface area contributed by atoms with Crippen LogP contribution in [0.3, 0.4) is 0 Å². The van der Waals surface area contributed by atoms with E-state index in [0.717, 1.165) is 11.3 Å². The van der Waals surface area contributed by atoms with E-state index in [1.54, 1.807) is 30.3 Å². The van der Waals surface area contributed by atoms with Crippen LogP contribution in [-0.2, 0) is 14.4 Å². The van der Waals surface area contributed by atoms with E-state index in [-0.39, 0.29) is 35.2 Å². The van der Waals surface area contributed by atoms with Gasteiger partial charge in [-0.1, -0.05) is 30.3 Å². The molecule has 0 saturated heterocycles. The fourth-order valence-corrected chi connectivity index (χ4v) is 4.55.